The van der Waals surface area contributed by atoms with Gasteiger partial charge in [0.2, 0.25) is 0 Å². The van der Waals surface area contributed by atoms with Crippen LogP contribution in [-0.2, 0) is 6.54 Å². The van der Waals surface area contributed by atoms with Gasteiger partial charge in [0.15, 0.2) is 5.84 Å². The number of fused-ring (bicyclic) bond motifs is 1. The van der Waals surface area contributed by atoms with Gasteiger partial charge < -0.3 is 16.0 Å². The molecule has 8 heteroatoms. The van der Waals surface area contributed by atoms with Crippen molar-refractivity contribution < 1.29 is 15.1 Å². The van der Waals surface area contributed by atoms with Crippen LogP contribution in [-0.4, -0.2) is 42.6 Å². The van der Waals surface area contributed by atoms with Crippen LogP contribution in [0.3, 0.4) is 0 Å². The number of carboxylic acid groups (broad SMARTS) is 1. The van der Waals surface area contributed by atoms with Crippen LogP contribution in [0.5, 0.6) is 0 Å². The Morgan fingerprint density at radius 3 is 2.31 bits per heavy atom. The van der Waals surface area contributed by atoms with Crippen LogP contribution in [0.15, 0.2) is 78.1 Å². The molecule has 0 unspecified atom stereocenters. The zero-order valence-electron chi connectivity index (χ0n) is 19.8. The molecule has 2 aromatic carbocycles. The maximum atomic E-state index is 11.7. The highest BCUT2D eigenvalue weighted by molar-refractivity contribution is 6.07. The number of oxime groups is 1. The fraction of sp³-hybridized carbons (Fsp3) is 0.185. The maximum Gasteiger partial charge on any atom is 0.408 e. The van der Waals surface area contributed by atoms with Crippen LogP contribution < -0.4 is 5.73 Å². The molecule has 178 valence electrons. The number of amides is 1. The summed E-state index contributed by atoms with van der Waals surface area (Å²) in [6.45, 7) is 5.90. The van der Waals surface area contributed by atoms with Crippen molar-refractivity contribution in [2.45, 2.75) is 32.9 Å². The fourth-order valence-corrected chi connectivity index (χ4v) is 3.95. The van der Waals surface area contributed by atoms with Crippen molar-refractivity contribution in [3.63, 3.8) is 0 Å². The summed E-state index contributed by atoms with van der Waals surface area (Å²) in [5, 5.41) is 22.6. The quantitative estimate of drug-likeness (QED) is 0.157. The molecule has 0 aliphatic heterocycles. The molecule has 0 radical (unpaired) electrons. The van der Waals surface area contributed by atoms with Crippen LogP contribution in [0.25, 0.3) is 33.3 Å². The molecule has 0 fully saturated rings. The van der Waals surface area contributed by atoms with Gasteiger partial charge in [-0.25, -0.2) is 9.78 Å². The standard InChI is InChI=1S/C27H27N5O3/c1-27(2,3)32(26(33)34)16-17-9-11-19(12-10-17)23-20(18-7-5-4-6-8-18)15-21-22(30-23)13-14-29-24(21)25(28)31-35/h4-15,35H,16H2,1-3H3,(H2,28,31)(H,33,34). The topological polar surface area (TPSA) is 125 Å². The number of nitrogens with two attached hydrogens (primary N) is 1. The third-order valence-corrected chi connectivity index (χ3v) is 5.79. The number of nitrogens with zero attached hydrogens (tertiary/aromatic N) is 4. The van der Waals surface area contributed by atoms with E-state index in [9.17, 15) is 15.1 Å². The van der Waals surface area contributed by atoms with Crippen molar-refractivity contribution in [3.8, 4) is 22.4 Å². The number of benzene rings is 2. The van der Waals surface area contributed by atoms with Gasteiger partial charge in [0.1, 0.15) is 5.69 Å². The van der Waals surface area contributed by atoms with Crippen LogP contribution in [0.4, 0.5) is 4.79 Å². The van der Waals surface area contributed by atoms with Gasteiger partial charge in [0.25, 0.3) is 0 Å². The number of amidine groups is 1. The fourth-order valence-electron chi connectivity index (χ4n) is 3.95. The summed E-state index contributed by atoms with van der Waals surface area (Å²) in [6.07, 6.45) is 0.615. The molecule has 0 atom stereocenters. The SMILES string of the molecule is CC(C)(C)N(Cc1ccc(-c2nc3ccnc(C(N)=NO)c3cc2-c2ccccc2)cc1)C(=O)O. The minimum absolute atomic E-state index is 0.0876. The summed E-state index contributed by atoms with van der Waals surface area (Å²) < 4.78 is 0. The molecule has 4 rings (SSSR count). The normalized spacial score (nSPS) is 12.0. The highest BCUT2D eigenvalue weighted by atomic mass is 16.4. The van der Waals surface area contributed by atoms with E-state index in [1.54, 1.807) is 12.3 Å². The lowest BCUT2D eigenvalue weighted by atomic mass is 9.96. The average molecular weight is 470 g/mol. The van der Waals surface area contributed by atoms with Gasteiger partial charge in [-0.2, -0.15) is 0 Å². The van der Waals surface area contributed by atoms with Crippen molar-refractivity contribution >= 4 is 22.8 Å². The monoisotopic (exact) mass is 469 g/mol. The summed E-state index contributed by atoms with van der Waals surface area (Å²) in [5.74, 6) is -0.0876. The molecular formula is C27H27N5O3. The van der Waals surface area contributed by atoms with Crippen LogP contribution in [0.1, 0.15) is 32.0 Å². The number of carbonyl (C=O) groups is 1. The van der Waals surface area contributed by atoms with Gasteiger partial charge >= 0.3 is 6.09 Å². The van der Waals surface area contributed by atoms with Gasteiger partial charge in [-0.1, -0.05) is 59.8 Å². The third kappa shape index (κ3) is 4.91. The molecule has 2 heterocycles. The van der Waals surface area contributed by atoms with Gasteiger partial charge in [-0.05, 0) is 44.0 Å². The molecule has 0 saturated carbocycles. The molecule has 0 spiro atoms. The van der Waals surface area contributed by atoms with E-state index in [2.05, 4.69) is 10.1 Å². The second kappa shape index (κ2) is 9.42. The number of pyridine rings is 2. The molecule has 4 N–H and O–H groups in total. The van der Waals surface area contributed by atoms with E-state index in [0.717, 1.165) is 27.9 Å². The minimum atomic E-state index is -0.959. The molecule has 4 aromatic rings. The number of aromatic nitrogens is 2. The van der Waals surface area contributed by atoms with Gasteiger partial charge in [0.05, 0.1) is 11.2 Å². The lowest BCUT2D eigenvalue weighted by Gasteiger charge is -2.33. The van der Waals surface area contributed by atoms with Crippen molar-refractivity contribution in [1.29, 1.82) is 0 Å². The highest BCUT2D eigenvalue weighted by Crippen LogP contribution is 2.34. The summed E-state index contributed by atoms with van der Waals surface area (Å²) >= 11 is 0. The molecule has 2 aromatic heterocycles. The van der Waals surface area contributed by atoms with Crippen LogP contribution >= 0.6 is 0 Å². The predicted molar refractivity (Wildman–Crippen MR) is 136 cm³/mol. The Labute approximate surface area is 203 Å². The molecule has 1 amide bonds. The molecule has 0 aliphatic rings. The lowest BCUT2D eigenvalue weighted by molar-refractivity contribution is 0.0955. The van der Waals surface area contributed by atoms with Gasteiger partial charge in [-0.3, -0.25) is 9.88 Å². The predicted octanol–water partition coefficient (Wildman–Crippen LogP) is 5.34. The summed E-state index contributed by atoms with van der Waals surface area (Å²) in [7, 11) is 0. The number of rotatable bonds is 5. The Bertz CT molecular complexity index is 1390. The van der Waals surface area contributed by atoms with E-state index in [4.69, 9.17) is 10.7 Å². The highest BCUT2D eigenvalue weighted by Gasteiger charge is 2.26. The van der Waals surface area contributed by atoms with Gasteiger partial charge in [-0.15, -0.1) is 0 Å². The molecule has 0 bridgehead atoms. The molecule has 0 saturated heterocycles. The van der Waals surface area contributed by atoms with Crippen molar-refractivity contribution in [2.24, 2.45) is 10.9 Å². The minimum Gasteiger partial charge on any atom is -0.465 e. The smallest absolute Gasteiger partial charge is 0.408 e. The molecule has 35 heavy (non-hydrogen) atoms. The van der Waals surface area contributed by atoms with E-state index in [1.807, 2.05) is 81.4 Å². The average Bonchev–Trinajstić information content (AvgIpc) is 2.85. The summed E-state index contributed by atoms with van der Waals surface area (Å²) in [5.41, 5.74) is 10.7. The van der Waals surface area contributed by atoms with Crippen LogP contribution in [0, 0.1) is 0 Å². The maximum absolute atomic E-state index is 11.7. The van der Waals surface area contributed by atoms with E-state index in [1.165, 1.54) is 4.90 Å². The van der Waals surface area contributed by atoms with E-state index < -0.39 is 11.6 Å². The first-order chi connectivity index (χ1) is 16.7. The van der Waals surface area contributed by atoms with Crippen molar-refractivity contribution in [3.05, 3.63) is 84.2 Å². The van der Waals surface area contributed by atoms with E-state index >= 15 is 0 Å². The Morgan fingerprint density at radius 2 is 1.71 bits per heavy atom. The first kappa shape index (κ1) is 23.7. The Balaban J connectivity index is 1.83. The Hall–Kier alpha value is -4.46. The van der Waals surface area contributed by atoms with Crippen molar-refractivity contribution in [1.82, 2.24) is 14.9 Å². The number of hydrogen-bond acceptors (Lipinski definition) is 5. The zero-order chi connectivity index (χ0) is 25.2. The lowest BCUT2D eigenvalue weighted by Crippen LogP contribution is -2.44. The summed E-state index contributed by atoms with van der Waals surface area (Å²) in [6, 6.07) is 21.3. The van der Waals surface area contributed by atoms with Gasteiger partial charge in [0, 0.05) is 34.8 Å². The van der Waals surface area contributed by atoms with Crippen molar-refractivity contribution in [2.75, 3.05) is 0 Å². The Kier molecular flexibility index (Phi) is 6.38. The largest absolute Gasteiger partial charge is 0.465 e. The number of hydrogen-bond donors (Lipinski definition) is 3. The third-order valence-electron chi connectivity index (χ3n) is 5.79. The molecule has 8 nitrogen and oxygen atoms in total. The van der Waals surface area contributed by atoms with E-state index in [-0.39, 0.29) is 12.4 Å². The zero-order valence-corrected chi connectivity index (χ0v) is 19.8. The molecule has 0 aliphatic carbocycles. The first-order valence-electron chi connectivity index (χ1n) is 11.1. The Morgan fingerprint density at radius 1 is 1.03 bits per heavy atom. The second-order valence-corrected chi connectivity index (χ2v) is 9.20. The van der Waals surface area contributed by atoms with Crippen LogP contribution in [0.2, 0.25) is 0 Å². The van der Waals surface area contributed by atoms with E-state index in [0.29, 0.717) is 16.6 Å². The molecular weight excluding hydrogens is 442 g/mol. The first-order valence-corrected chi connectivity index (χ1v) is 11.1. The summed E-state index contributed by atoms with van der Waals surface area (Å²) in [4.78, 5) is 22.4. The second-order valence-electron chi connectivity index (χ2n) is 9.20.